The van der Waals surface area contributed by atoms with Crippen molar-refractivity contribution < 1.29 is 13.2 Å². The molecule has 0 spiro atoms. The molecule has 0 aromatic heterocycles. The number of aryl methyl sites for hydroxylation is 1. The highest BCUT2D eigenvalue weighted by molar-refractivity contribution is 7.98. The Morgan fingerprint density at radius 2 is 2.08 bits per heavy atom. The molecule has 1 fully saturated rings. The second-order valence-electron chi connectivity index (χ2n) is 5.97. The van der Waals surface area contributed by atoms with E-state index in [1.54, 1.807) is 36.0 Å². The Balaban J connectivity index is 2.08. The van der Waals surface area contributed by atoms with Gasteiger partial charge in [0, 0.05) is 12.6 Å². The van der Waals surface area contributed by atoms with Gasteiger partial charge in [0.2, 0.25) is 15.9 Å². The molecular weight excluding hydrogens is 346 g/mol. The van der Waals surface area contributed by atoms with Crippen molar-refractivity contribution in [2.24, 2.45) is 0 Å². The summed E-state index contributed by atoms with van der Waals surface area (Å²) in [5.41, 5.74) is 0.986. The summed E-state index contributed by atoms with van der Waals surface area (Å²) in [7, 11) is -3.72. The summed E-state index contributed by atoms with van der Waals surface area (Å²) < 4.78 is 27.7. The lowest BCUT2D eigenvalue weighted by Crippen LogP contribution is -2.50. The second-order valence-corrected chi connectivity index (χ2v) is 8.67. The molecule has 1 saturated heterocycles. The summed E-state index contributed by atoms with van der Waals surface area (Å²) in [5, 5.41) is 6.12. The van der Waals surface area contributed by atoms with Crippen molar-refractivity contribution in [3.63, 3.8) is 0 Å². The van der Waals surface area contributed by atoms with Crippen LogP contribution in [0.5, 0.6) is 0 Å². The fraction of sp³-hybridized carbons (Fsp3) is 0.562. The molecule has 2 rings (SSSR count). The number of hydrogen-bond acceptors (Lipinski definition) is 5. The molecular formula is C16H25N3O3S2. The largest absolute Gasteiger partial charge is 0.351 e. The first-order valence-electron chi connectivity index (χ1n) is 8.01. The summed E-state index contributed by atoms with van der Waals surface area (Å²) in [4.78, 5) is 12.7. The zero-order valence-corrected chi connectivity index (χ0v) is 15.7. The number of rotatable bonds is 8. The standard InChI is InChI=1S/C16H25N3O3S2/c1-12-3-5-14(6-4-12)24(21,22)19-15(8-10-23-2)16(20)18-13-7-9-17-11-13/h3-6,13,15,17,19H,7-11H2,1-2H3,(H,18,20). The van der Waals surface area contributed by atoms with Crippen molar-refractivity contribution in [1.29, 1.82) is 0 Å². The monoisotopic (exact) mass is 371 g/mol. The third-order valence-electron chi connectivity index (χ3n) is 3.96. The third kappa shape index (κ3) is 5.47. The molecule has 1 aliphatic heterocycles. The minimum Gasteiger partial charge on any atom is -0.351 e. The van der Waals surface area contributed by atoms with E-state index >= 15 is 0 Å². The molecule has 2 atom stereocenters. The van der Waals surface area contributed by atoms with Crippen LogP contribution in [0.3, 0.4) is 0 Å². The average molecular weight is 372 g/mol. The van der Waals surface area contributed by atoms with Crippen LogP contribution in [-0.4, -0.2) is 51.5 Å². The lowest BCUT2D eigenvalue weighted by molar-refractivity contribution is -0.123. The van der Waals surface area contributed by atoms with Crippen LogP contribution in [0.4, 0.5) is 0 Å². The maximum absolute atomic E-state index is 12.5. The van der Waals surface area contributed by atoms with Crippen LogP contribution >= 0.6 is 11.8 Å². The summed E-state index contributed by atoms with van der Waals surface area (Å²) in [6, 6.07) is 5.91. The highest BCUT2D eigenvalue weighted by atomic mass is 32.2. The van der Waals surface area contributed by atoms with Crippen LogP contribution < -0.4 is 15.4 Å². The van der Waals surface area contributed by atoms with Crippen LogP contribution in [0.1, 0.15) is 18.4 Å². The smallest absolute Gasteiger partial charge is 0.241 e. The van der Waals surface area contributed by atoms with Gasteiger partial charge in [-0.15, -0.1) is 0 Å². The van der Waals surface area contributed by atoms with Crippen molar-refractivity contribution >= 4 is 27.7 Å². The van der Waals surface area contributed by atoms with E-state index in [-0.39, 0.29) is 16.8 Å². The second kappa shape index (κ2) is 8.84. The first kappa shape index (κ1) is 19.2. The SMILES string of the molecule is CSCCC(NS(=O)(=O)c1ccc(C)cc1)C(=O)NC1CCNC1. The molecule has 1 aliphatic rings. The van der Waals surface area contributed by atoms with Crippen molar-refractivity contribution in [2.75, 3.05) is 25.1 Å². The van der Waals surface area contributed by atoms with E-state index in [0.29, 0.717) is 12.2 Å². The maximum atomic E-state index is 12.5. The molecule has 134 valence electrons. The van der Waals surface area contributed by atoms with E-state index in [9.17, 15) is 13.2 Å². The summed E-state index contributed by atoms with van der Waals surface area (Å²) in [5.74, 6) is 0.450. The molecule has 2 unspecified atom stereocenters. The summed E-state index contributed by atoms with van der Waals surface area (Å²) in [6.45, 7) is 3.50. The van der Waals surface area contributed by atoms with E-state index in [2.05, 4.69) is 15.4 Å². The number of thioether (sulfide) groups is 1. The Bertz CT molecular complexity index is 641. The van der Waals surface area contributed by atoms with E-state index in [4.69, 9.17) is 0 Å². The van der Waals surface area contributed by atoms with Crippen LogP contribution in [0.15, 0.2) is 29.2 Å². The van der Waals surface area contributed by atoms with Gasteiger partial charge in [-0.2, -0.15) is 16.5 Å². The van der Waals surface area contributed by atoms with Gasteiger partial charge in [-0.3, -0.25) is 4.79 Å². The third-order valence-corrected chi connectivity index (χ3v) is 6.09. The van der Waals surface area contributed by atoms with Gasteiger partial charge in [0.05, 0.1) is 4.90 Å². The fourth-order valence-electron chi connectivity index (χ4n) is 2.53. The molecule has 6 nitrogen and oxygen atoms in total. The Kier molecular flexibility index (Phi) is 7.09. The average Bonchev–Trinajstić information content (AvgIpc) is 3.04. The molecule has 8 heteroatoms. The number of nitrogens with one attached hydrogen (secondary N) is 3. The molecule has 0 saturated carbocycles. The molecule has 24 heavy (non-hydrogen) atoms. The Hall–Kier alpha value is -1.09. The lowest BCUT2D eigenvalue weighted by Gasteiger charge is -2.20. The van der Waals surface area contributed by atoms with Crippen LogP contribution in [0.25, 0.3) is 0 Å². The molecule has 1 aromatic rings. The zero-order chi connectivity index (χ0) is 17.6. The number of sulfonamides is 1. The highest BCUT2D eigenvalue weighted by Gasteiger charge is 2.27. The number of amides is 1. The quantitative estimate of drug-likeness (QED) is 0.631. The Morgan fingerprint density at radius 1 is 1.38 bits per heavy atom. The van der Waals surface area contributed by atoms with Gasteiger partial charge in [-0.1, -0.05) is 17.7 Å². The molecule has 0 bridgehead atoms. The maximum Gasteiger partial charge on any atom is 0.241 e. The van der Waals surface area contributed by atoms with Gasteiger partial charge >= 0.3 is 0 Å². The molecule has 1 amide bonds. The van der Waals surface area contributed by atoms with E-state index in [1.165, 1.54) is 0 Å². The zero-order valence-electron chi connectivity index (χ0n) is 14.0. The first-order valence-corrected chi connectivity index (χ1v) is 10.9. The molecule has 0 radical (unpaired) electrons. The van der Waals surface area contributed by atoms with Gasteiger partial charge in [-0.25, -0.2) is 8.42 Å². The van der Waals surface area contributed by atoms with Crippen molar-refractivity contribution in [3.05, 3.63) is 29.8 Å². The van der Waals surface area contributed by atoms with Crippen LogP contribution in [0, 0.1) is 6.92 Å². The predicted molar refractivity (Wildman–Crippen MR) is 97.7 cm³/mol. The number of carbonyl (C=O) groups excluding carboxylic acids is 1. The van der Waals surface area contributed by atoms with Gasteiger partial charge in [0.1, 0.15) is 6.04 Å². The predicted octanol–water partition coefficient (Wildman–Crippen LogP) is 0.873. The molecule has 3 N–H and O–H groups in total. The van der Waals surface area contributed by atoms with Crippen molar-refractivity contribution in [1.82, 2.24) is 15.4 Å². The van der Waals surface area contributed by atoms with Gasteiger partial charge < -0.3 is 10.6 Å². The number of benzene rings is 1. The lowest BCUT2D eigenvalue weighted by atomic mass is 10.2. The number of hydrogen-bond donors (Lipinski definition) is 3. The van der Waals surface area contributed by atoms with Crippen LogP contribution in [0.2, 0.25) is 0 Å². The van der Waals surface area contributed by atoms with Crippen molar-refractivity contribution in [3.8, 4) is 0 Å². The van der Waals surface area contributed by atoms with Gasteiger partial charge in [0.15, 0.2) is 0 Å². The number of carbonyl (C=O) groups is 1. The normalized spacial score (nSPS) is 19.2. The Morgan fingerprint density at radius 3 is 2.67 bits per heavy atom. The van der Waals surface area contributed by atoms with Gasteiger partial charge in [-0.05, 0) is 50.5 Å². The minimum atomic E-state index is -3.72. The summed E-state index contributed by atoms with van der Waals surface area (Å²) in [6.07, 6.45) is 3.26. The van der Waals surface area contributed by atoms with Crippen LogP contribution in [-0.2, 0) is 14.8 Å². The van der Waals surface area contributed by atoms with E-state index in [1.807, 2.05) is 13.2 Å². The summed E-state index contributed by atoms with van der Waals surface area (Å²) >= 11 is 1.59. The van der Waals surface area contributed by atoms with E-state index < -0.39 is 16.1 Å². The molecule has 1 aromatic carbocycles. The Labute approximate surface area is 148 Å². The fourth-order valence-corrected chi connectivity index (χ4v) is 4.23. The van der Waals surface area contributed by atoms with Gasteiger partial charge in [0.25, 0.3) is 0 Å². The first-order chi connectivity index (χ1) is 11.4. The minimum absolute atomic E-state index is 0.0677. The topological polar surface area (TPSA) is 87.3 Å². The van der Waals surface area contributed by atoms with E-state index in [0.717, 1.165) is 25.1 Å². The van der Waals surface area contributed by atoms with Crippen molar-refractivity contribution in [2.45, 2.75) is 36.7 Å². The molecule has 1 heterocycles. The highest BCUT2D eigenvalue weighted by Crippen LogP contribution is 2.12. The molecule has 0 aliphatic carbocycles.